The second kappa shape index (κ2) is 12.8. The fourth-order valence-electron chi connectivity index (χ4n) is 6.43. The topological polar surface area (TPSA) is 152 Å². The van der Waals surface area contributed by atoms with Crippen LogP contribution in [0.4, 0.5) is 4.79 Å². The molecule has 3 fully saturated rings. The van der Waals surface area contributed by atoms with Gasteiger partial charge in [0.05, 0.1) is 6.61 Å². The summed E-state index contributed by atoms with van der Waals surface area (Å²) in [5.41, 5.74) is 0. The van der Waals surface area contributed by atoms with Crippen molar-refractivity contribution < 1.29 is 49.0 Å². The van der Waals surface area contributed by atoms with Crippen molar-refractivity contribution in [2.24, 2.45) is 35.5 Å². The molecular formula is C28H48O10. The summed E-state index contributed by atoms with van der Waals surface area (Å²) >= 11 is 0. The van der Waals surface area contributed by atoms with Gasteiger partial charge in [-0.05, 0) is 61.2 Å². The Morgan fingerprint density at radius 2 is 1.34 bits per heavy atom. The molecular weight excluding hydrogens is 496 g/mol. The van der Waals surface area contributed by atoms with E-state index in [0.29, 0.717) is 24.7 Å². The third-order valence-electron chi connectivity index (χ3n) is 8.90. The van der Waals surface area contributed by atoms with Gasteiger partial charge in [-0.25, -0.2) is 9.59 Å². The molecule has 0 aromatic carbocycles. The van der Waals surface area contributed by atoms with Gasteiger partial charge in [-0.1, -0.05) is 54.4 Å². The molecule has 0 aromatic rings. The number of ether oxygens (including phenoxy) is 4. The van der Waals surface area contributed by atoms with Gasteiger partial charge in [-0.15, -0.1) is 0 Å². The molecule has 1 aliphatic heterocycles. The van der Waals surface area contributed by atoms with E-state index < -0.39 is 61.1 Å². The molecule has 7 unspecified atom stereocenters. The summed E-state index contributed by atoms with van der Waals surface area (Å²) in [4.78, 5) is 26.9. The highest BCUT2D eigenvalue weighted by molar-refractivity contribution is 5.82. The smallest absolute Gasteiger partial charge is 0.457 e. The predicted molar refractivity (Wildman–Crippen MR) is 137 cm³/mol. The number of rotatable bonds is 7. The first-order chi connectivity index (χ1) is 17.8. The van der Waals surface area contributed by atoms with Crippen LogP contribution in [0.25, 0.3) is 0 Å². The van der Waals surface area contributed by atoms with Crippen LogP contribution in [-0.4, -0.2) is 81.6 Å². The minimum atomic E-state index is -2.82. The van der Waals surface area contributed by atoms with Crippen LogP contribution in [0.15, 0.2) is 0 Å². The molecule has 10 heteroatoms. The van der Waals surface area contributed by atoms with Crippen LogP contribution in [-0.2, 0) is 23.7 Å². The molecule has 4 N–H and O–H groups in total. The van der Waals surface area contributed by atoms with Gasteiger partial charge in [0.2, 0.25) is 0 Å². The van der Waals surface area contributed by atoms with Gasteiger partial charge in [0, 0.05) is 0 Å². The van der Waals surface area contributed by atoms with E-state index in [4.69, 9.17) is 18.9 Å². The first kappa shape index (κ1) is 31.1. The van der Waals surface area contributed by atoms with Crippen LogP contribution in [0.2, 0.25) is 0 Å². The molecule has 2 aliphatic carbocycles. The molecule has 1 saturated heterocycles. The zero-order chi connectivity index (χ0) is 28.4. The van der Waals surface area contributed by atoms with Gasteiger partial charge in [-0.3, -0.25) is 0 Å². The lowest BCUT2D eigenvalue weighted by Gasteiger charge is -2.46. The summed E-state index contributed by atoms with van der Waals surface area (Å²) in [6, 6.07) is 0. The predicted octanol–water partition coefficient (Wildman–Crippen LogP) is 2.77. The molecule has 0 aromatic heterocycles. The van der Waals surface area contributed by atoms with E-state index in [9.17, 15) is 30.0 Å². The largest absolute Gasteiger partial charge is 0.511 e. The third-order valence-corrected chi connectivity index (χ3v) is 8.90. The van der Waals surface area contributed by atoms with Crippen LogP contribution in [0.3, 0.4) is 0 Å². The lowest BCUT2D eigenvalue weighted by atomic mass is 9.75. The molecule has 220 valence electrons. The van der Waals surface area contributed by atoms with Crippen molar-refractivity contribution >= 4 is 12.1 Å². The van der Waals surface area contributed by atoms with Crippen molar-refractivity contribution in [2.75, 3.05) is 6.61 Å². The van der Waals surface area contributed by atoms with E-state index >= 15 is 0 Å². The average molecular weight is 545 g/mol. The van der Waals surface area contributed by atoms with Gasteiger partial charge in [-0.2, -0.15) is 0 Å². The summed E-state index contributed by atoms with van der Waals surface area (Å²) in [6.45, 7) is 11.5. The fraction of sp³-hybridized carbons (Fsp3) is 0.929. The van der Waals surface area contributed by atoms with Crippen LogP contribution >= 0.6 is 0 Å². The normalized spacial score (nSPS) is 42.1. The van der Waals surface area contributed by atoms with Gasteiger partial charge in [0.25, 0.3) is 0 Å². The lowest BCUT2D eigenvalue weighted by Crippen LogP contribution is -2.70. The first-order valence-electron chi connectivity index (χ1n) is 14.2. The maximum Gasteiger partial charge on any atom is 0.511 e. The third kappa shape index (κ3) is 6.63. The van der Waals surface area contributed by atoms with Crippen molar-refractivity contribution in [3.05, 3.63) is 0 Å². The summed E-state index contributed by atoms with van der Waals surface area (Å²) in [6.07, 6.45) is -4.70. The van der Waals surface area contributed by atoms with Crippen LogP contribution in [0.5, 0.6) is 0 Å². The van der Waals surface area contributed by atoms with E-state index in [1.807, 2.05) is 13.8 Å². The Kier molecular flexibility index (Phi) is 10.5. The molecule has 0 amide bonds. The molecule has 10 nitrogen and oxygen atoms in total. The van der Waals surface area contributed by atoms with Crippen molar-refractivity contribution in [3.63, 3.8) is 0 Å². The highest BCUT2D eigenvalue weighted by Crippen LogP contribution is 2.40. The van der Waals surface area contributed by atoms with E-state index in [-0.39, 0.29) is 23.7 Å². The van der Waals surface area contributed by atoms with Crippen LogP contribution in [0, 0.1) is 35.5 Å². The summed E-state index contributed by atoms with van der Waals surface area (Å²) in [7, 11) is 0. The monoisotopic (exact) mass is 544 g/mol. The Bertz CT molecular complexity index is 801. The molecule has 0 radical (unpaired) electrons. The van der Waals surface area contributed by atoms with Gasteiger partial charge in [0.1, 0.15) is 30.5 Å². The Morgan fingerprint density at radius 1 is 0.842 bits per heavy atom. The Balaban J connectivity index is 1.89. The zero-order valence-corrected chi connectivity index (χ0v) is 23.6. The summed E-state index contributed by atoms with van der Waals surface area (Å²) in [5.74, 6) is -2.82. The maximum absolute atomic E-state index is 13.7. The second-order valence-electron chi connectivity index (χ2n) is 12.5. The number of hydrogen-bond acceptors (Lipinski definition) is 10. The molecule has 0 spiro atoms. The lowest BCUT2D eigenvalue weighted by molar-refractivity contribution is -0.343. The van der Waals surface area contributed by atoms with Gasteiger partial charge >= 0.3 is 17.9 Å². The molecule has 3 rings (SSSR count). The zero-order valence-electron chi connectivity index (χ0n) is 23.6. The van der Waals surface area contributed by atoms with E-state index in [2.05, 4.69) is 27.7 Å². The van der Waals surface area contributed by atoms with E-state index in [1.54, 1.807) is 0 Å². The first-order valence-corrected chi connectivity index (χ1v) is 14.2. The molecule has 1 heterocycles. The number of aliphatic hydroxyl groups excluding tert-OH is 4. The van der Waals surface area contributed by atoms with E-state index in [1.165, 1.54) is 0 Å². The Hall–Kier alpha value is -1.46. The Labute approximate surface area is 226 Å². The number of carbonyl (C=O) groups excluding carboxylic acids is 2. The van der Waals surface area contributed by atoms with Gasteiger partial charge in [0.15, 0.2) is 6.10 Å². The molecule has 11 atom stereocenters. The number of esters is 1. The second-order valence-corrected chi connectivity index (χ2v) is 12.5. The standard InChI is InChI=1S/C28H48O10/c1-14(2)18-9-7-16(5)11-20(18)35-26(33)28(25(32)24(31)23(30)22(13-29)37-28)38-27(34)36-21-12-17(6)8-10-19(21)15(3)4/h14-25,29-32H,7-13H2,1-6H3/t16?,17?,18?,19?,20?,21?,22-,23-,24+,25-,28?/m1/s1. The maximum atomic E-state index is 13.7. The SMILES string of the molecule is CC1CCC(C(C)C)C(OC(=O)OC2(C(=O)OC3CC(C)CCC3C(C)C)O[C@H](CO)[C@@H](O)[C@H](O)[C@H]2O)C1. The van der Waals surface area contributed by atoms with Crippen LogP contribution in [0.1, 0.15) is 80.1 Å². The highest BCUT2D eigenvalue weighted by Gasteiger charge is 2.63. The molecule has 3 aliphatic rings. The van der Waals surface area contributed by atoms with Crippen LogP contribution < -0.4 is 0 Å². The van der Waals surface area contributed by atoms with Gasteiger partial charge < -0.3 is 39.4 Å². The highest BCUT2D eigenvalue weighted by atomic mass is 16.8. The van der Waals surface area contributed by atoms with Crippen molar-refractivity contribution in [3.8, 4) is 0 Å². The Morgan fingerprint density at radius 3 is 1.82 bits per heavy atom. The average Bonchev–Trinajstić information content (AvgIpc) is 2.84. The quantitative estimate of drug-likeness (QED) is 0.352. The molecule has 0 bridgehead atoms. The minimum absolute atomic E-state index is 0.0413. The molecule has 2 saturated carbocycles. The minimum Gasteiger partial charge on any atom is -0.457 e. The number of aliphatic hydroxyl groups is 4. The summed E-state index contributed by atoms with van der Waals surface area (Å²) in [5, 5.41) is 41.6. The van der Waals surface area contributed by atoms with Crippen molar-refractivity contribution in [1.82, 2.24) is 0 Å². The van der Waals surface area contributed by atoms with Crippen molar-refractivity contribution in [1.29, 1.82) is 0 Å². The van der Waals surface area contributed by atoms with Crippen molar-refractivity contribution in [2.45, 2.75) is 122 Å². The fourth-order valence-corrected chi connectivity index (χ4v) is 6.43. The van der Waals surface area contributed by atoms with E-state index in [0.717, 1.165) is 25.7 Å². The summed E-state index contributed by atoms with van der Waals surface area (Å²) < 4.78 is 22.6. The number of hydrogen-bond donors (Lipinski definition) is 4. The number of carbonyl (C=O) groups is 2. The molecule has 38 heavy (non-hydrogen) atoms.